The molecule has 4 heterocycles. The molecule has 1 aliphatic carbocycles. The van der Waals surface area contributed by atoms with Gasteiger partial charge in [-0.2, -0.15) is 10.2 Å². The number of carbonyl (C=O) groups excluding carboxylic acids is 1. The lowest BCUT2D eigenvalue weighted by Gasteiger charge is -2.33. The van der Waals surface area contributed by atoms with Gasteiger partial charge in [0.1, 0.15) is 17.6 Å². The first-order valence-corrected chi connectivity index (χ1v) is 9.52. The van der Waals surface area contributed by atoms with Gasteiger partial charge in [0.05, 0.1) is 24.6 Å². The van der Waals surface area contributed by atoms with Gasteiger partial charge in [0.15, 0.2) is 5.69 Å². The summed E-state index contributed by atoms with van der Waals surface area (Å²) in [5.74, 6) is 0.165. The van der Waals surface area contributed by atoms with Crippen LogP contribution in [-0.4, -0.2) is 54.5 Å². The standard InChI is InChI=1S/C20H19FN6O2/c1-12-2-4-15(27-23-6-7-24-27)19(25-12)20(28)26-11-13-8-16(26)17(9-13)29-18-5-3-14(21)10-22-18/h2-7,10,13,16-17H,8-9,11H2,1H3/t13-,16+,17-/m1/s1. The molecule has 2 aliphatic rings. The summed E-state index contributed by atoms with van der Waals surface area (Å²) >= 11 is 0. The minimum atomic E-state index is -0.410. The summed E-state index contributed by atoms with van der Waals surface area (Å²) in [5.41, 5.74) is 1.62. The van der Waals surface area contributed by atoms with E-state index in [0.717, 1.165) is 24.7 Å². The number of halogens is 1. The largest absolute Gasteiger partial charge is 0.472 e. The number of likely N-dealkylation sites (tertiary alicyclic amines) is 1. The third-order valence-corrected chi connectivity index (χ3v) is 5.51. The van der Waals surface area contributed by atoms with Crippen molar-refractivity contribution in [1.82, 2.24) is 29.9 Å². The lowest BCUT2D eigenvalue weighted by Crippen LogP contribution is -2.47. The van der Waals surface area contributed by atoms with Crippen molar-refractivity contribution in [3.63, 3.8) is 0 Å². The van der Waals surface area contributed by atoms with Crippen LogP contribution in [0.3, 0.4) is 0 Å². The summed E-state index contributed by atoms with van der Waals surface area (Å²) in [5, 5.41) is 8.29. The summed E-state index contributed by atoms with van der Waals surface area (Å²) in [6, 6.07) is 6.40. The summed E-state index contributed by atoms with van der Waals surface area (Å²) in [7, 11) is 0. The zero-order chi connectivity index (χ0) is 20.0. The molecule has 0 aromatic carbocycles. The number of carbonyl (C=O) groups is 1. The average molecular weight is 394 g/mol. The van der Waals surface area contributed by atoms with E-state index in [4.69, 9.17) is 4.74 Å². The molecule has 0 unspecified atom stereocenters. The molecular weight excluding hydrogens is 375 g/mol. The number of piperidine rings is 1. The second-order valence-electron chi connectivity index (χ2n) is 7.47. The van der Waals surface area contributed by atoms with Gasteiger partial charge in [-0.15, -0.1) is 4.80 Å². The monoisotopic (exact) mass is 394 g/mol. The Balaban J connectivity index is 1.41. The number of rotatable bonds is 4. The van der Waals surface area contributed by atoms with Crippen LogP contribution in [0.25, 0.3) is 5.69 Å². The van der Waals surface area contributed by atoms with Crippen molar-refractivity contribution in [1.29, 1.82) is 0 Å². The number of nitrogens with zero attached hydrogens (tertiary/aromatic N) is 6. The zero-order valence-electron chi connectivity index (χ0n) is 15.8. The molecule has 3 aromatic rings. The van der Waals surface area contributed by atoms with Crippen molar-refractivity contribution in [2.24, 2.45) is 5.92 Å². The topological polar surface area (TPSA) is 86.0 Å². The van der Waals surface area contributed by atoms with Gasteiger partial charge in [0, 0.05) is 18.3 Å². The molecule has 3 aromatic heterocycles. The Labute approximate surface area is 166 Å². The highest BCUT2D eigenvalue weighted by atomic mass is 19.1. The first kappa shape index (κ1) is 17.7. The third kappa shape index (κ3) is 3.22. The van der Waals surface area contributed by atoms with Gasteiger partial charge in [-0.25, -0.2) is 14.4 Å². The highest BCUT2D eigenvalue weighted by molar-refractivity contribution is 5.96. The third-order valence-electron chi connectivity index (χ3n) is 5.51. The van der Waals surface area contributed by atoms with Gasteiger partial charge >= 0.3 is 0 Å². The molecule has 8 nitrogen and oxygen atoms in total. The Bertz CT molecular complexity index is 1040. The van der Waals surface area contributed by atoms with Crippen LogP contribution in [0.4, 0.5) is 4.39 Å². The van der Waals surface area contributed by atoms with Gasteiger partial charge in [-0.3, -0.25) is 4.79 Å². The lowest BCUT2D eigenvalue weighted by atomic mass is 10.1. The number of hydrogen-bond acceptors (Lipinski definition) is 6. The number of aromatic nitrogens is 5. The van der Waals surface area contributed by atoms with E-state index in [1.165, 1.54) is 16.9 Å². The van der Waals surface area contributed by atoms with Gasteiger partial charge in [-0.05, 0) is 43.9 Å². The summed E-state index contributed by atoms with van der Waals surface area (Å²) < 4.78 is 19.1. The van der Waals surface area contributed by atoms with Gasteiger partial charge < -0.3 is 9.64 Å². The van der Waals surface area contributed by atoms with Crippen LogP contribution in [0.2, 0.25) is 0 Å². The second kappa shape index (κ2) is 6.91. The maximum absolute atomic E-state index is 13.4. The average Bonchev–Trinajstić information content (AvgIpc) is 3.46. The van der Waals surface area contributed by atoms with Crippen LogP contribution in [0.5, 0.6) is 5.88 Å². The molecule has 2 fully saturated rings. The molecule has 0 spiro atoms. The van der Waals surface area contributed by atoms with E-state index in [-0.39, 0.29) is 18.1 Å². The van der Waals surface area contributed by atoms with Crippen LogP contribution in [0.1, 0.15) is 29.0 Å². The fourth-order valence-electron chi connectivity index (χ4n) is 4.26. The summed E-state index contributed by atoms with van der Waals surface area (Å²) in [4.78, 5) is 25.1. The number of hydrogen-bond donors (Lipinski definition) is 0. The Hall–Kier alpha value is -3.36. The number of ether oxygens (including phenoxy) is 1. The molecule has 1 amide bonds. The number of amides is 1. The van der Waals surface area contributed by atoms with Crippen molar-refractivity contribution >= 4 is 5.91 Å². The van der Waals surface area contributed by atoms with Crippen LogP contribution in [0, 0.1) is 18.7 Å². The second-order valence-corrected chi connectivity index (χ2v) is 7.47. The summed E-state index contributed by atoms with van der Waals surface area (Å²) in [6.07, 6.45) is 5.80. The summed E-state index contributed by atoms with van der Waals surface area (Å²) in [6.45, 7) is 2.52. The van der Waals surface area contributed by atoms with E-state index >= 15 is 0 Å². The number of fused-ring (bicyclic) bond motifs is 2. The Morgan fingerprint density at radius 3 is 2.72 bits per heavy atom. The molecule has 3 atom stereocenters. The van der Waals surface area contributed by atoms with Gasteiger partial charge in [-0.1, -0.05) is 0 Å². The molecule has 1 saturated heterocycles. The quantitative estimate of drug-likeness (QED) is 0.674. The van der Waals surface area contributed by atoms with E-state index in [1.54, 1.807) is 18.5 Å². The Morgan fingerprint density at radius 2 is 2.00 bits per heavy atom. The van der Waals surface area contributed by atoms with Gasteiger partial charge in [0.25, 0.3) is 5.91 Å². The number of aryl methyl sites for hydroxylation is 1. The molecule has 0 radical (unpaired) electrons. The first-order chi connectivity index (χ1) is 14.1. The molecule has 1 aliphatic heterocycles. The highest BCUT2D eigenvalue weighted by Gasteiger charge is 2.49. The minimum absolute atomic E-state index is 0.0694. The van der Waals surface area contributed by atoms with Gasteiger partial charge in [0.2, 0.25) is 5.88 Å². The van der Waals surface area contributed by atoms with Crippen molar-refractivity contribution in [3.05, 3.63) is 60.1 Å². The maximum atomic E-state index is 13.4. The maximum Gasteiger partial charge on any atom is 0.275 e. The predicted molar refractivity (Wildman–Crippen MR) is 100 cm³/mol. The van der Waals surface area contributed by atoms with Crippen molar-refractivity contribution < 1.29 is 13.9 Å². The fraction of sp³-hybridized carbons (Fsp3) is 0.350. The van der Waals surface area contributed by atoms with Crippen LogP contribution < -0.4 is 4.74 Å². The van der Waals surface area contributed by atoms with Crippen molar-refractivity contribution in [2.75, 3.05) is 6.54 Å². The van der Waals surface area contributed by atoms with Crippen molar-refractivity contribution in [2.45, 2.75) is 31.9 Å². The predicted octanol–water partition coefficient (Wildman–Crippen LogP) is 2.19. The first-order valence-electron chi connectivity index (χ1n) is 9.52. The zero-order valence-corrected chi connectivity index (χ0v) is 15.8. The number of pyridine rings is 2. The minimum Gasteiger partial charge on any atom is -0.472 e. The molecule has 9 heteroatoms. The SMILES string of the molecule is Cc1ccc(-n2nccn2)c(C(=O)N2C[C@H]3C[C@@H](Oc4ccc(F)cn4)[C@@H]2C3)n1. The molecule has 1 saturated carbocycles. The molecule has 0 N–H and O–H groups in total. The van der Waals surface area contributed by atoms with E-state index in [2.05, 4.69) is 20.2 Å². The van der Waals surface area contributed by atoms with Crippen LogP contribution >= 0.6 is 0 Å². The van der Waals surface area contributed by atoms with E-state index in [9.17, 15) is 9.18 Å². The van der Waals surface area contributed by atoms with Crippen LogP contribution in [0.15, 0.2) is 42.9 Å². The molecule has 148 valence electrons. The lowest BCUT2D eigenvalue weighted by molar-refractivity contribution is 0.0461. The van der Waals surface area contributed by atoms with E-state index < -0.39 is 5.82 Å². The smallest absolute Gasteiger partial charge is 0.275 e. The van der Waals surface area contributed by atoms with Crippen molar-refractivity contribution in [3.8, 4) is 11.6 Å². The Morgan fingerprint density at radius 1 is 1.17 bits per heavy atom. The highest BCUT2D eigenvalue weighted by Crippen LogP contribution is 2.40. The normalized spacial score (nSPS) is 22.8. The van der Waals surface area contributed by atoms with E-state index in [1.807, 2.05) is 17.9 Å². The fourth-order valence-corrected chi connectivity index (χ4v) is 4.26. The molecule has 29 heavy (non-hydrogen) atoms. The molecule has 5 rings (SSSR count). The van der Waals surface area contributed by atoms with E-state index in [0.29, 0.717) is 29.7 Å². The Kier molecular flexibility index (Phi) is 4.22. The molecular formula is C20H19FN6O2. The molecule has 2 bridgehead atoms. The van der Waals surface area contributed by atoms with Crippen LogP contribution in [-0.2, 0) is 0 Å².